The fourth-order valence-electron chi connectivity index (χ4n) is 2.95. The first-order chi connectivity index (χ1) is 9.11. The molecule has 1 amide bonds. The summed E-state index contributed by atoms with van der Waals surface area (Å²) in [4.78, 5) is 24.8. The standard InChI is InChI=1S/C14H15FN2O2/c1-2-8-4-3-5-17(8)12-7-11-9(6-10(12)15)13(18)14(19)16-11/h6-8H,2-5H2,1H3,(H,16,18,19). The number of ketones is 1. The minimum absolute atomic E-state index is 0.137. The average Bonchev–Trinajstić information content (AvgIpc) is 2.96. The van der Waals surface area contributed by atoms with E-state index in [4.69, 9.17) is 0 Å². The third-order valence-corrected chi connectivity index (χ3v) is 3.94. The number of nitrogens with one attached hydrogen (secondary N) is 1. The number of carbonyl (C=O) groups is 2. The molecular formula is C14H15FN2O2. The Hall–Kier alpha value is -1.91. The van der Waals surface area contributed by atoms with Crippen LogP contribution >= 0.6 is 0 Å². The molecular weight excluding hydrogens is 247 g/mol. The normalized spacial score (nSPS) is 21.8. The minimum atomic E-state index is -0.681. The summed E-state index contributed by atoms with van der Waals surface area (Å²) in [6, 6.07) is 3.09. The SMILES string of the molecule is CCC1CCCN1c1cc2c(cc1F)C(=O)C(=O)N2. The van der Waals surface area contributed by atoms with Crippen LogP contribution < -0.4 is 10.2 Å². The lowest BCUT2D eigenvalue weighted by Gasteiger charge is -2.26. The predicted octanol–water partition coefficient (Wildman–Crippen LogP) is 2.34. The van der Waals surface area contributed by atoms with E-state index in [9.17, 15) is 14.0 Å². The van der Waals surface area contributed by atoms with E-state index in [1.807, 2.05) is 4.90 Å². The van der Waals surface area contributed by atoms with Crippen LogP contribution in [0.5, 0.6) is 0 Å². The number of nitrogens with zero attached hydrogens (tertiary/aromatic N) is 1. The van der Waals surface area contributed by atoms with Crippen molar-refractivity contribution in [1.82, 2.24) is 0 Å². The van der Waals surface area contributed by atoms with Crippen LogP contribution in [0.1, 0.15) is 36.5 Å². The zero-order chi connectivity index (χ0) is 13.6. The maximum absolute atomic E-state index is 14.2. The quantitative estimate of drug-likeness (QED) is 0.832. The number of benzene rings is 1. The van der Waals surface area contributed by atoms with Gasteiger partial charge in [-0.3, -0.25) is 9.59 Å². The molecule has 0 aliphatic carbocycles. The van der Waals surface area contributed by atoms with Gasteiger partial charge in [-0.25, -0.2) is 4.39 Å². The molecule has 1 N–H and O–H groups in total. The number of hydrogen-bond donors (Lipinski definition) is 1. The van der Waals surface area contributed by atoms with Crippen molar-refractivity contribution in [3.8, 4) is 0 Å². The van der Waals surface area contributed by atoms with Gasteiger partial charge >= 0.3 is 0 Å². The molecule has 1 aromatic carbocycles. The molecule has 0 radical (unpaired) electrons. The van der Waals surface area contributed by atoms with Crippen LogP contribution in [0.3, 0.4) is 0 Å². The summed E-state index contributed by atoms with van der Waals surface area (Å²) in [6.45, 7) is 2.90. The first-order valence-corrected chi connectivity index (χ1v) is 6.57. The van der Waals surface area contributed by atoms with E-state index < -0.39 is 17.5 Å². The van der Waals surface area contributed by atoms with Crippen molar-refractivity contribution in [3.63, 3.8) is 0 Å². The smallest absolute Gasteiger partial charge is 0.296 e. The summed E-state index contributed by atoms with van der Waals surface area (Å²) in [6.07, 6.45) is 3.06. The lowest BCUT2D eigenvalue weighted by Crippen LogP contribution is -2.29. The highest BCUT2D eigenvalue weighted by Gasteiger charge is 2.32. The van der Waals surface area contributed by atoms with Crippen LogP contribution in [0.4, 0.5) is 15.8 Å². The van der Waals surface area contributed by atoms with E-state index in [0.717, 1.165) is 25.8 Å². The van der Waals surface area contributed by atoms with Crippen molar-refractivity contribution in [2.45, 2.75) is 32.2 Å². The van der Waals surface area contributed by atoms with Gasteiger partial charge in [0, 0.05) is 12.6 Å². The van der Waals surface area contributed by atoms with E-state index in [2.05, 4.69) is 12.2 Å². The average molecular weight is 262 g/mol. The number of fused-ring (bicyclic) bond motifs is 1. The fourth-order valence-corrected chi connectivity index (χ4v) is 2.95. The second-order valence-electron chi connectivity index (χ2n) is 5.03. The van der Waals surface area contributed by atoms with Gasteiger partial charge in [-0.15, -0.1) is 0 Å². The number of carbonyl (C=O) groups excluding carboxylic acids is 2. The highest BCUT2D eigenvalue weighted by Crippen LogP contribution is 2.35. The Morgan fingerprint density at radius 3 is 2.95 bits per heavy atom. The van der Waals surface area contributed by atoms with Crippen LogP contribution in [0, 0.1) is 5.82 Å². The summed E-state index contributed by atoms with van der Waals surface area (Å²) in [5.41, 5.74) is 1.05. The maximum Gasteiger partial charge on any atom is 0.296 e. The zero-order valence-electron chi connectivity index (χ0n) is 10.7. The van der Waals surface area contributed by atoms with Crippen molar-refractivity contribution >= 4 is 23.1 Å². The number of Topliss-reactive ketones (excluding diaryl/α,β-unsaturated/α-hetero) is 1. The lowest BCUT2D eigenvalue weighted by atomic mass is 10.1. The Morgan fingerprint density at radius 2 is 2.21 bits per heavy atom. The second-order valence-corrected chi connectivity index (χ2v) is 5.03. The number of hydrogen-bond acceptors (Lipinski definition) is 3. The van der Waals surface area contributed by atoms with E-state index in [1.165, 1.54) is 6.07 Å². The Balaban J connectivity index is 2.03. The molecule has 3 rings (SSSR count). The molecule has 2 aliphatic heterocycles. The summed E-state index contributed by atoms with van der Waals surface area (Å²) >= 11 is 0. The summed E-state index contributed by atoms with van der Waals surface area (Å²) in [7, 11) is 0. The Morgan fingerprint density at radius 1 is 1.42 bits per heavy atom. The molecule has 0 saturated carbocycles. The molecule has 1 aromatic rings. The van der Waals surface area contributed by atoms with Crippen molar-refractivity contribution < 1.29 is 14.0 Å². The van der Waals surface area contributed by atoms with E-state index in [-0.39, 0.29) is 5.56 Å². The van der Waals surface area contributed by atoms with Gasteiger partial charge in [-0.2, -0.15) is 0 Å². The van der Waals surface area contributed by atoms with Crippen molar-refractivity contribution in [1.29, 1.82) is 0 Å². The topological polar surface area (TPSA) is 49.4 Å². The Labute approximate surface area is 110 Å². The molecule has 5 heteroatoms. The highest BCUT2D eigenvalue weighted by atomic mass is 19.1. The highest BCUT2D eigenvalue weighted by molar-refractivity contribution is 6.51. The third kappa shape index (κ3) is 1.80. The maximum atomic E-state index is 14.2. The van der Waals surface area contributed by atoms with E-state index >= 15 is 0 Å². The molecule has 1 unspecified atom stereocenters. The van der Waals surface area contributed by atoms with E-state index in [1.54, 1.807) is 6.07 Å². The largest absolute Gasteiger partial charge is 0.366 e. The monoisotopic (exact) mass is 262 g/mol. The van der Waals surface area contributed by atoms with Gasteiger partial charge in [0.1, 0.15) is 5.82 Å². The van der Waals surface area contributed by atoms with Crippen LogP contribution in [0.15, 0.2) is 12.1 Å². The molecule has 2 aliphatic rings. The van der Waals surface area contributed by atoms with Crippen molar-refractivity contribution in [2.24, 2.45) is 0 Å². The third-order valence-electron chi connectivity index (χ3n) is 3.94. The fraction of sp³-hybridized carbons (Fsp3) is 0.429. The molecule has 1 fully saturated rings. The van der Waals surface area contributed by atoms with E-state index in [0.29, 0.717) is 17.4 Å². The molecule has 4 nitrogen and oxygen atoms in total. The predicted molar refractivity (Wildman–Crippen MR) is 70.0 cm³/mol. The minimum Gasteiger partial charge on any atom is -0.366 e. The second kappa shape index (κ2) is 4.33. The number of amides is 1. The van der Waals surface area contributed by atoms with Crippen molar-refractivity contribution in [2.75, 3.05) is 16.8 Å². The number of rotatable bonds is 2. The Bertz CT molecular complexity index is 571. The zero-order valence-corrected chi connectivity index (χ0v) is 10.7. The molecule has 19 heavy (non-hydrogen) atoms. The molecule has 0 bridgehead atoms. The first kappa shape index (κ1) is 12.1. The van der Waals surface area contributed by atoms with Gasteiger partial charge in [-0.05, 0) is 31.4 Å². The summed E-state index contributed by atoms with van der Waals surface area (Å²) in [5.74, 6) is -1.77. The van der Waals surface area contributed by atoms with Gasteiger partial charge < -0.3 is 10.2 Å². The van der Waals surface area contributed by atoms with Gasteiger partial charge in [0.2, 0.25) is 0 Å². The number of halogens is 1. The number of anilines is 2. The molecule has 2 heterocycles. The van der Waals surface area contributed by atoms with Crippen LogP contribution in [0.25, 0.3) is 0 Å². The summed E-state index contributed by atoms with van der Waals surface area (Å²) in [5, 5.41) is 2.49. The van der Waals surface area contributed by atoms with Gasteiger partial charge in [-0.1, -0.05) is 6.92 Å². The van der Waals surface area contributed by atoms with Gasteiger partial charge in [0.15, 0.2) is 0 Å². The van der Waals surface area contributed by atoms with Crippen molar-refractivity contribution in [3.05, 3.63) is 23.5 Å². The summed E-state index contributed by atoms with van der Waals surface area (Å²) < 4.78 is 14.2. The lowest BCUT2D eigenvalue weighted by molar-refractivity contribution is -0.112. The van der Waals surface area contributed by atoms with Gasteiger partial charge in [0.05, 0.1) is 16.9 Å². The molecule has 1 saturated heterocycles. The molecule has 0 spiro atoms. The van der Waals surface area contributed by atoms with Crippen LogP contribution in [0.2, 0.25) is 0 Å². The molecule has 0 aromatic heterocycles. The Kier molecular flexibility index (Phi) is 2.77. The van der Waals surface area contributed by atoms with Gasteiger partial charge in [0.25, 0.3) is 11.7 Å². The molecule has 1 atom stereocenters. The molecule has 100 valence electrons. The first-order valence-electron chi connectivity index (χ1n) is 6.57. The van der Waals surface area contributed by atoms with Crippen LogP contribution in [-0.2, 0) is 4.79 Å². The van der Waals surface area contributed by atoms with Crippen LogP contribution in [-0.4, -0.2) is 24.3 Å².